The van der Waals surface area contributed by atoms with E-state index in [1.54, 1.807) is 6.33 Å². The molecule has 1 aliphatic heterocycles. The van der Waals surface area contributed by atoms with Gasteiger partial charge < -0.3 is 10.0 Å². The number of anilines is 1. The van der Waals surface area contributed by atoms with E-state index in [0.29, 0.717) is 12.8 Å². The van der Waals surface area contributed by atoms with Crippen molar-refractivity contribution in [2.24, 2.45) is 5.92 Å². The second-order valence-corrected chi connectivity index (χ2v) is 6.10. The van der Waals surface area contributed by atoms with E-state index in [4.69, 9.17) is 5.11 Å². The van der Waals surface area contributed by atoms with Crippen LogP contribution >= 0.6 is 0 Å². The Hall–Kier alpha value is -1.65. The van der Waals surface area contributed by atoms with Crippen molar-refractivity contribution in [3.05, 3.63) is 18.1 Å². The van der Waals surface area contributed by atoms with Crippen LogP contribution in [-0.4, -0.2) is 34.1 Å². The zero-order valence-corrected chi connectivity index (χ0v) is 12.5. The highest BCUT2D eigenvalue weighted by molar-refractivity contribution is 5.70. The molecule has 20 heavy (non-hydrogen) atoms. The first-order valence-corrected chi connectivity index (χ1v) is 7.24. The molecule has 0 saturated carbocycles. The predicted octanol–water partition coefficient (Wildman–Crippen LogP) is 2.47. The van der Waals surface area contributed by atoms with Crippen LogP contribution in [0.25, 0.3) is 0 Å². The second kappa shape index (κ2) is 5.77. The lowest BCUT2D eigenvalue weighted by Crippen LogP contribution is -2.37. The van der Waals surface area contributed by atoms with Gasteiger partial charge in [-0.15, -0.1) is 0 Å². The van der Waals surface area contributed by atoms with Gasteiger partial charge in [0.15, 0.2) is 0 Å². The number of piperidine rings is 1. The van der Waals surface area contributed by atoms with E-state index in [0.717, 1.165) is 31.0 Å². The summed E-state index contributed by atoms with van der Waals surface area (Å²) < 4.78 is 0. The molecule has 0 unspecified atom stereocenters. The summed E-state index contributed by atoms with van der Waals surface area (Å²) in [5.41, 5.74) is 1.09. The SMILES string of the molecule is CCC(C)(C)c1cc(N2CCC(C(=O)O)CC2)ncn1. The first-order chi connectivity index (χ1) is 9.44. The van der Waals surface area contributed by atoms with Crippen molar-refractivity contribution in [2.45, 2.75) is 45.4 Å². The summed E-state index contributed by atoms with van der Waals surface area (Å²) >= 11 is 0. The van der Waals surface area contributed by atoms with E-state index in [1.165, 1.54) is 0 Å². The minimum absolute atomic E-state index is 0.0388. The van der Waals surface area contributed by atoms with Crippen molar-refractivity contribution < 1.29 is 9.90 Å². The third kappa shape index (κ3) is 3.08. The molecule has 1 aliphatic rings. The largest absolute Gasteiger partial charge is 0.481 e. The van der Waals surface area contributed by atoms with Gasteiger partial charge in [-0.05, 0) is 19.3 Å². The molecule has 110 valence electrons. The Morgan fingerprint density at radius 2 is 2.05 bits per heavy atom. The van der Waals surface area contributed by atoms with Crippen LogP contribution < -0.4 is 4.90 Å². The van der Waals surface area contributed by atoms with Gasteiger partial charge in [0.1, 0.15) is 12.1 Å². The summed E-state index contributed by atoms with van der Waals surface area (Å²) in [7, 11) is 0. The van der Waals surface area contributed by atoms with Gasteiger partial charge in [-0.25, -0.2) is 9.97 Å². The standard InChI is InChI=1S/C15H23N3O2/c1-4-15(2,3)12-9-13(17-10-16-12)18-7-5-11(6-8-18)14(19)20/h9-11H,4-8H2,1-3H3,(H,19,20). The number of hydrogen-bond acceptors (Lipinski definition) is 4. The van der Waals surface area contributed by atoms with Crippen LogP contribution in [0.15, 0.2) is 12.4 Å². The van der Waals surface area contributed by atoms with Crippen molar-refractivity contribution in [1.82, 2.24) is 9.97 Å². The fraction of sp³-hybridized carbons (Fsp3) is 0.667. The second-order valence-electron chi connectivity index (χ2n) is 6.10. The van der Waals surface area contributed by atoms with E-state index < -0.39 is 5.97 Å². The van der Waals surface area contributed by atoms with Crippen LogP contribution in [0.2, 0.25) is 0 Å². The van der Waals surface area contributed by atoms with Gasteiger partial charge >= 0.3 is 5.97 Å². The molecule has 0 bridgehead atoms. The maximum atomic E-state index is 11.0. The zero-order chi connectivity index (χ0) is 14.8. The Balaban J connectivity index is 2.11. The van der Waals surface area contributed by atoms with Crippen LogP contribution in [0.3, 0.4) is 0 Å². The number of hydrogen-bond donors (Lipinski definition) is 1. The number of aliphatic carboxylic acids is 1. The van der Waals surface area contributed by atoms with Crippen LogP contribution in [0, 0.1) is 5.92 Å². The number of carboxylic acids is 1. The summed E-state index contributed by atoms with van der Waals surface area (Å²) in [5.74, 6) is 0.0279. The Bertz CT molecular complexity index is 480. The molecule has 0 aromatic carbocycles. The molecular formula is C15H23N3O2. The van der Waals surface area contributed by atoms with Crippen molar-refractivity contribution in [3.8, 4) is 0 Å². The molecule has 1 fully saturated rings. The highest BCUT2D eigenvalue weighted by atomic mass is 16.4. The summed E-state index contributed by atoms with van der Waals surface area (Å²) in [6.45, 7) is 8.01. The Labute approximate surface area is 120 Å². The molecule has 1 aromatic heterocycles. The Morgan fingerprint density at radius 3 is 2.60 bits per heavy atom. The molecule has 5 nitrogen and oxygen atoms in total. The fourth-order valence-corrected chi connectivity index (χ4v) is 2.43. The number of carboxylic acid groups (broad SMARTS) is 1. The maximum absolute atomic E-state index is 11.0. The lowest BCUT2D eigenvalue weighted by atomic mass is 9.86. The van der Waals surface area contributed by atoms with Crippen LogP contribution in [0.1, 0.15) is 45.7 Å². The van der Waals surface area contributed by atoms with Gasteiger partial charge in [-0.2, -0.15) is 0 Å². The van der Waals surface area contributed by atoms with E-state index in [1.807, 2.05) is 6.07 Å². The molecule has 1 N–H and O–H groups in total. The predicted molar refractivity (Wildman–Crippen MR) is 77.9 cm³/mol. The number of carbonyl (C=O) groups is 1. The number of nitrogens with zero attached hydrogens (tertiary/aromatic N) is 3. The van der Waals surface area contributed by atoms with Gasteiger partial charge in [0.05, 0.1) is 11.6 Å². The maximum Gasteiger partial charge on any atom is 0.306 e. The average molecular weight is 277 g/mol. The van der Waals surface area contributed by atoms with E-state index >= 15 is 0 Å². The molecule has 0 aliphatic carbocycles. The van der Waals surface area contributed by atoms with Crippen LogP contribution in [0.5, 0.6) is 0 Å². The monoisotopic (exact) mass is 277 g/mol. The van der Waals surface area contributed by atoms with Crippen molar-refractivity contribution in [2.75, 3.05) is 18.0 Å². The van der Waals surface area contributed by atoms with Crippen molar-refractivity contribution >= 4 is 11.8 Å². The minimum Gasteiger partial charge on any atom is -0.481 e. The fourth-order valence-electron chi connectivity index (χ4n) is 2.43. The van der Waals surface area contributed by atoms with Crippen LogP contribution in [0.4, 0.5) is 5.82 Å². The quantitative estimate of drug-likeness (QED) is 0.915. The van der Waals surface area contributed by atoms with Gasteiger partial charge in [0.25, 0.3) is 0 Å². The van der Waals surface area contributed by atoms with Crippen LogP contribution in [-0.2, 0) is 10.2 Å². The van der Waals surface area contributed by atoms with E-state index in [2.05, 4.69) is 35.6 Å². The Morgan fingerprint density at radius 1 is 1.40 bits per heavy atom. The lowest BCUT2D eigenvalue weighted by Gasteiger charge is -2.32. The van der Waals surface area contributed by atoms with Crippen molar-refractivity contribution in [3.63, 3.8) is 0 Å². The first-order valence-electron chi connectivity index (χ1n) is 7.24. The van der Waals surface area contributed by atoms with Gasteiger partial charge in [-0.1, -0.05) is 20.8 Å². The van der Waals surface area contributed by atoms with E-state index in [-0.39, 0.29) is 11.3 Å². The first kappa shape index (κ1) is 14.8. The third-order valence-corrected chi connectivity index (χ3v) is 4.40. The molecule has 0 radical (unpaired) electrons. The number of rotatable bonds is 4. The molecule has 1 aromatic rings. The zero-order valence-electron chi connectivity index (χ0n) is 12.5. The molecule has 2 rings (SSSR count). The van der Waals surface area contributed by atoms with Crippen molar-refractivity contribution in [1.29, 1.82) is 0 Å². The molecule has 0 amide bonds. The van der Waals surface area contributed by atoms with Gasteiger partial charge in [-0.3, -0.25) is 4.79 Å². The highest BCUT2D eigenvalue weighted by Gasteiger charge is 2.26. The summed E-state index contributed by atoms with van der Waals surface area (Å²) in [4.78, 5) is 21.9. The minimum atomic E-state index is -0.680. The third-order valence-electron chi connectivity index (χ3n) is 4.40. The molecule has 1 saturated heterocycles. The normalized spacial score (nSPS) is 17.2. The summed E-state index contributed by atoms with van der Waals surface area (Å²) in [6.07, 6.45) is 4.01. The smallest absolute Gasteiger partial charge is 0.306 e. The highest BCUT2D eigenvalue weighted by Crippen LogP contribution is 2.28. The van der Waals surface area contributed by atoms with Gasteiger partial charge in [0, 0.05) is 24.6 Å². The lowest BCUT2D eigenvalue weighted by molar-refractivity contribution is -0.142. The molecular weight excluding hydrogens is 254 g/mol. The Kier molecular flexibility index (Phi) is 4.26. The molecule has 0 spiro atoms. The molecule has 5 heteroatoms. The topological polar surface area (TPSA) is 66.3 Å². The average Bonchev–Trinajstić information content (AvgIpc) is 2.47. The summed E-state index contributed by atoms with van der Waals surface area (Å²) in [5, 5.41) is 9.03. The van der Waals surface area contributed by atoms with Gasteiger partial charge in [0.2, 0.25) is 0 Å². The molecule has 0 atom stereocenters. The van der Waals surface area contributed by atoms with E-state index in [9.17, 15) is 4.79 Å². The molecule has 2 heterocycles. The number of aromatic nitrogens is 2. The summed E-state index contributed by atoms with van der Waals surface area (Å²) in [6, 6.07) is 2.05.